The monoisotopic (exact) mass is 269 g/mol. The van der Waals surface area contributed by atoms with Crippen molar-refractivity contribution in [3.05, 3.63) is 41.6 Å². The standard InChI is InChI=1S/C19H27N/c1-18(2,3)12-14-8-7-9-16-17(14)15(10-11-20-16)13-19(4,5)6/h7-11H,12-13H2,1-6H3. The molecule has 0 aliphatic carbocycles. The second-order valence-corrected chi connectivity index (χ2v) is 8.26. The highest BCUT2D eigenvalue weighted by Gasteiger charge is 2.18. The zero-order chi connectivity index (χ0) is 15.0. The van der Waals surface area contributed by atoms with Crippen LogP contribution in [0.1, 0.15) is 52.7 Å². The first-order valence-electron chi connectivity index (χ1n) is 7.51. The number of nitrogens with zero attached hydrogens (tertiary/aromatic N) is 1. The van der Waals surface area contributed by atoms with Crippen LogP contribution in [0.5, 0.6) is 0 Å². The van der Waals surface area contributed by atoms with Crippen LogP contribution in [0.4, 0.5) is 0 Å². The van der Waals surface area contributed by atoms with E-state index in [0.29, 0.717) is 10.8 Å². The summed E-state index contributed by atoms with van der Waals surface area (Å²) in [5.74, 6) is 0. The summed E-state index contributed by atoms with van der Waals surface area (Å²) in [6.07, 6.45) is 4.13. The normalized spacial score (nSPS) is 12.9. The minimum atomic E-state index is 0.295. The third-order valence-electron chi connectivity index (χ3n) is 3.38. The second kappa shape index (κ2) is 5.20. The Morgan fingerprint density at radius 2 is 1.35 bits per heavy atom. The number of hydrogen-bond donors (Lipinski definition) is 0. The Morgan fingerprint density at radius 1 is 0.800 bits per heavy atom. The number of rotatable bonds is 2. The van der Waals surface area contributed by atoms with Gasteiger partial charge in [0.25, 0.3) is 0 Å². The number of pyridine rings is 1. The molecule has 20 heavy (non-hydrogen) atoms. The van der Waals surface area contributed by atoms with Gasteiger partial charge in [-0.05, 0) is 46.9 Å². The first kappa shape index (κ1) is 15.0. The molecule has 0 radical (unpaired) electrons. The van der Waals surface area contributed by atoms with E-state index in [4.69, 9.17) is 0 Å². The zero-order valence-electron chi connectivity index (χ0n) is 13.7. The molecule has 0 unspecified atom stereocenters. The van der Waals surface area contributed by atoms with E-state index in [-0.39, 0.29) is 0 Å². The average Bonchev–Trinajstić information content (AvgIpc) is 2.25. The summed E-state index contributed by atoms with van der Waals surface area (Å²) >= 11 is 0. The molecule has 0 fully saturated rings. The molecule has 1 nitrogen and oxygen atoms in total. The van der Waals surface area contributed by atoms with Gasteiger partial charge in [-0.25, -0.2) is 0 Å². The first-order valence-corrected chi connectivity index (χ1v) is 7.51. The van der Waals surface area contributed by atoms with Gasteiger partial charge in [0.05, 0.1) is 5.52 Å². The molecule has 0 spiro atoms. The average molecular weight is 269 g/mol. The third kappa shape index (κ3) is 3.82. The lowest BCUT2D eigenvalue weighted by Crippen LogP contribution is -2.12. The SMILES string of the molecule is CC(C)(C)Cc1cccc2nccc(CC(C)(C)C)c12. The summed E-state index contributed by atoms with van der Waals surface area (Å²) in [4.78, 5) is 4.56. The van der Waals surface area contributed by atoms with Gasteiger partial charge in [-0.2, -0.15) is 0 Å². The third-order valence-corrected chi connectivity index (χ3v) is 3.38. The number of benzene rings is 1. The molecule has 0 atom stereocenters. The van der Waals surface area contributed by atoms with Crippen molar-refractivity contribution in [3.63, 3.8) is 0 Å². The van der Waals surface area contributed by atoms with E-state index < -0.39 is 0 Å². The van der Waals surface area contributed by atoms with E-state index in [2.05, 4.69) is 70.8 Å². The topological polar surface area (TPSA) is 12.9 Å². The van der Waals surface area contributed by atoms with Crippen molar-refractivity contribution in [1.29, 1.82) is 0 Å². The highest BCUT2D eigenvalue weighted by Crippen LogP contribution is 2.31. The minimum absolute atomic E-state index is 0.295. The maximum absolute atomic E-state index is 4.56. The van der Waals surface area contributed by atoms with Crippen molar-refractivity contribution in [3.8, 4) is 0 Å². The summed E-state index contributed by atoms with van der Waals surface area (Å²) in [7, 11) is 0. The fourth-order valence-corrected chi connectivity index (χ4v) is 2.79. The fraction of sp³-hybridized carbons (Fsp3) is 0.526. The van der Waals surface area contributed by atoms with Gasteiger partial charge in [0.2, 0.25) is 0 Å². The van der Waals surface area contributed by atoms with Gasteiger partial charge in [0.1, 0.15) is 0 Å². The molecule has 2 aromatic rings. The largest absolute Gasteiger partial charge is 0.256 e. The molecule has 1 heterocycles. The molecule has 0 bridgehead atoms. The Balaban J connectivity index is 2.58. The van der Waals surface area contributed by atoms with E-state index in [1.165, 1.54) is 16.5 Å². The van der Waals surface area contributed by atoms with Gasteiger partial charge >= 0.3 is 0 Å². The minimum Gasteiger partial charge on any atom is -0.256 e. The molecule has 0 amide bonds. The highest BCUT2D eigenvalue weighted by atomic mass is 14.6. The lowest BCUT2D eigenvalue weighted by Gasteiger charge is -2.23. The highest BCUT2D eigenvalue weighted by molar-refractivity contribution is 5.85. The predicted molar refractivity (Wildman–Crippen MR) is 88.1 cm³/mol. The van der Waals surface area contributed by atoms with Crippen molar-refractivity contribution >= 4 is 10.9 Å². The molecule has 1 aromatic carbocycles. The van der Waals surface area contributed by atoms with E-state index in [1.807, 2.05) is 6.20 Å². The molecule has 0 aliphatic heterocycles. The van der Waals surface area contributed by atoms with Crippen LogP contribution < -0.4 is 0 Å². The summed E-state index contributed by atoms with van der Waals surface area (Å²) in [6, 6.07) is 8.73. The van der Waals surface area contributed by atoms with Crippen LogP contribution in [-0.4, -0.2) is 4.98 Å². The van der Waals surface area contributed by atoms with Crippen LogP contribution >= 0.6 is 0 Å². The first-order chi connectivity index (χ1) is 9.16. The Bertz CT molecular complexity index is 546. The van der Waals surface area contributed by atoms with Crippen LogP contribution in [0.3, 0.4) is 0 Å². The summed E-state index contributed by atoms with van der Waals surface area (Å²) in [6.45, 7) is 13.8. The maximum atomic E-state index is 4.56. The van der Waals surface area contributed by atoms with Gasteiger partial charge in [0, 0.05) is 11.6 Å². The molecule has 108 valence electrons. The summed E-state index contributed by atoms with van der Waals surface area (Å²) in [5, 5.41) is 1.37. The van der Waals surface area contributed by atoms with E-state index >= 15 is 0 Å². The van der Waals surface area contributed by atoms with Crippen molar-refractivity contribution in [2.45, 2.75) is 54.4 Å². The van der Waals surface area contributed by atoms with Gasteiger partial charge in [0.15, 0.2) is 0 Å². The number of hydrogen-bond acceptors (Lipinski definition) is 1. The lowest BCUT2D eigenvalue weighted by atomic mass is 9.82. The van der Waals surface area contributed by atoms with Crippen LogP contribution in [0.25, 0.3) is 10.9 Å². The van der Waals surface area contributed by atoms with Crippen molar-refractivity contribution in [1.82, 2.24) is 4.98 Å². The molecular weight excluding hydrogens is 242 g/mol. The van der Waals surface area contributed by atoms with Crippen molar-refractivity contribution < 1.29 is 0 Å². The fourth-order valence-electron chi connectivity index (χ4n) is 2.79. The van der Waals surface area contributed by atoms with Crippen LogP contribution in [0, 0.1) is 10.8 Å². The molecule has 2 rings (SSSR count). The molecule has 0 saturated heterocycles. The predicted octanol–water partition coefficient (Wildman–Crippen LogP) is 5.41. The van der Waals surface area contributed by atoms with Crippen molar-refractivity contribution in [2.24, 2.45) is 10.8 Å². The summed E-state index contributed by atoms with van der Waals surface area (Å²) < 4.78 is 0. The number of fused-ring (bicyclic) bond motifs is 1. The van der Waals surface area contributed by atoms with Crippen LogP contribution in [-0.2, 0) is 12.8 Å². The molecule has 1 aromatic heterocycles. The second-order valence-electron chi connectivity index (χ2n) is 8.26. The van der Waals surface area contributed by atoms with Crippen LogP contribution in [0.2, 0.25) is 0 Å². The van der Waals surface area contributed by atoms with E-state index in [9.17, 15) is 0 Å². The van der Waals surface area contributed by atoms with E-state index in [1.54, 1.807) is 0 Å². The molecule has 0 N–H and O–H groups in total. The smallest absolute Gasteiger partial charge is 0.0707 e. The Labute approximate surface area is 123 Å². The number of aromatic nitrogens is 1. The van der Waals surface area contributed by atoms with Crippen molar-refractivity contribution in [2.75, 3.05) is 0 Å². The maximum Gasteiger partial charge on any atom is 0.0707 e. The Morgan fingerprint density at radius 3 is 1.90 bits per heavy atom. The molecule has 0 saturated carbocycles. The van der Waals surface area contributed by atoms with Gasteiger partial charge in [-0.1, -0.05) is 53.7 Å². The van der Waals surface area contributed by atoms with Gasteiger partial charge in [-0.3, -0.25) is 4.98 Å². The Hall–Kier alpha value is -1.37. The Kier molecular flexibility index (Phi) is 3.90. The molecule has 0 aliphatic rings. The summed E-state index contributed by atoms with van der Waals surface area (Å²) in [5.41, 5.74) is 4.59. The zero-order valence-corrected chi connectivity index (χ0v) is 13.7. The van der Waals surface area contributed by atoms with E-state index in [0.717, 1.165) is 18.4 Å². The van der Waals surface area contributed by atoms with Gasteiger partial charge < -0.3 is 0 Å². The lowest BCUT2D eigenvalue weighted by molar-refractivity contribution is 0.409. The van der Waals surface area contributed by atoms with Gasteiger partial charge in [-0.15, -0.1) is 0 Å². The quantitative estimate of drug-likeness (QED) is 0.710. The van der Waals surface area contributed by atoms with Crippen LogP contribution in [0.15, 0.2) is 30.5 Å². The molecular formula is C19H27N. The molecule has 1 heteroatoms.